The van der Waals surface area contributed by atoms with Gasteiger partial charge in [0.1, 0.15) is 5.75 Å². The Balaban J connectivity index is 1.52. The first-order valence-electron chi connectivity index (χ1n) is 8.59. The van der Waals surface area contributed by atoms with Gasteiger partial charge in [-0.05, 0) is 55.9 Å². The number of pyridine rings is 2. The number of rotatable bonds is 7. The quantitative estimate of drug-likeness (QED) is 0.365. The minimum atomic E-state index is -4.36. The summed E-state index contributed by atoms with van der Waals surface area (Å²) in [4.78, 5) is 8.37. The predicted octanol–water partition coefficient (Wildman–Crippen LogP) is 5.99. The summed E-state index contributed by atoms with van der Waals surface area (Å²) in [5.41, 5.74) is -0.311. The summed E-state index contributed by atoms with van der Waals surface area (Å²) in [5, 5.41) is 1.42. The van der Waals surface area contributed by atoms with Crippen LogP contribution in [0.1, 0.15) is 25.3 Å². The Labute approximate surface area is 160 Å². The molecule has 0 saturated heterocycles. The smallest absolute Gasteiger partial charge is 0.416 e. The van der Waals surface area contributed by atoms with Gasteiger partial charge in [0.15, 0.2) is 0 Å². The van der Waals surface area contributed by atoms with E-state index < -0.39 is 11.7 Å². The number of hydrogen-bond acceptors (Lipinski definition) is 4. The van der Waals surface area contributed by atoms with Crippen LogP contribution in [0.3, 0.4) is 0 Å². The molecule has 2 aromatic heterocycles. The first-order valence-corrected chi connectivity index (χ1v) is 9.58. The van der Waals surface area contributed by atoms with Crippen molar-refractivity contribution >= 4 is 22.7 Å². The number of nitrogens with zero attached hydrogens (tertiary/aromatic N) is 2. The minimum absolute atomic E-state index is 0.0636. The molecule has 142 valence electrons. The summed E-state index contributed by atoms with van der Waals surface area (Å²) in [6, 6.07) is 11.0. The highest BCUT2D eigenvalue weighted by atomic mass is 32.2. The molecule has 0 bridgehead atoms. The molecule has 0 fully saturated rings. The van der Waals surface area contributed by atoms with Gasteiger partial charge in [-0.1, -0.05) is 12.1 Å². The van der Waals surface area contributed by atoms with Crippen molar-refractivity contribution in [3.05, 3.63) is 60.4 Å². The molecule has 7 heteroatoms. The average Bonchev–Trinajstić information content (AvgIpc) is 2.65. The highest BCUT2D eigenvalue weighted by Crippen LogP contribution is 2.31. The molecule has 27 heavy (non-hydrogen) atoms. The van der Waals surface area contributed by atoms with Crippen molar-refractivity contribution < 1.29 is 17.9 Å². The first-order chi connectivity index (χ1) is 12.9. The Kier molecular flexibility index (Phi) is 6.21. The largest absolute Gasteiger partial charge is 0.489 e. The second kappa shape index (κ2) is 8.61. The summed E-state index contributed by atoms with van der Waals surface area (Å²) in [6.45, 7) is 2.00. The van der Waals surface area contributed by atoms with Crippen LogP contribution in [0.4, 0.5) is 13.2 Å². The predicted molar refractivity (Wildman–Crippen MR) is 101 cm³/mol. The van der Waals surface area contributed by atoms with Crippen molar-refractivity contribution in [2.75, 3.05) is 5.75 Å². The van der Waals surface area contributed by atoms with E-state index in [0.717, 1.165) is 41.5 Å². The van der Waals surface area contributed by atoms with E-state index in [-0.39, 0.29) is 6.10 Å². The van der Waals surface area contributed by atoms with Gasteiger partial charge in [0.2, 0.25) is 0 Å². The zero-order valence-corrected chi connectivity index (χ0v) is 15.6. The molecule has 3 aromatic rings. The second-order valence-electron chi connectivity index (χ2n) is 6.16. The molecule has 3 rings (SSSR count). The van der Waals surface area contributed by atoms with Crippen LogP contribution in [0.25, 0.3) is 10.9 Å². The third-order valence-electron chi connectivity index (χ3n) is 3.97. The molecule has 0 amide bonds. The number of ether oxygens (including phenoxy) is 1. The minimum Gasteiger partial charge on any atom is -0.489 e. The van der Waals surface area contributed by atoms with Crippen molar-refractivity contribution in [2.24, 2.45) is 0 Å². The van der Waals surface area contributed by atoms with Crippen molar-refractivity contribution in [1.82, 2.24) is 9.97 Å². The zero-order valence-electron chi connectivity index (χ0n) is 14.7. The molecule has 0 aliphatic carbocycles. The van der Waals surface area contributed by atoms with E-state index in [1.54, 1.807) is 18.5 Å². The molecule has 0 radical (unpaired) electrons. The van der Waals surface area contributed by atoms with Crippen LogP contribution in [0.5, 0.6) is 5.75 Å². The molecule has 0 aliphatic rings. The van der Waals surface area contributed by atoms with Gasteiger partial charge in [0.05, 0.1) is 28.4 Å². The lowest BCUT2D eigenvalue weighted by Crippen LogP contribution is -2.11. The van der Waals surface area contributed by atoms with Crippen LogP contribution < -0.4 is 4.74 Å². The van der Waals surface area contributed by atoms with Gasteiger partial charge in [-0.2, -0.15) is 13.2 Å². The molecular weight excluding hydrogens is 373 g/mol. The zero-order chi connectivity index (χ0) is 19.3. The molecule has 1 aromatic carbocycles. The lowest BCUT2D eigenvalue weighted by atomic mass is 10.1. The number of aromatic nitrogens is 2. The van der Waals surface area contributed by atoms with E-state index in [4.69, 9.17) is 4.74 Å². The van der Waals surface area contributed by atoms with Gasteiger partial charge in [-0.3, -0.25) is 4.98 Å². The number of halogens is 3. The van der Waals surface area contributed by atoms with Gasteiger partial charge in [0.25, 0.3) is 0 Å². The van der Waals surface area contributed by atoms with Gasteiger partial charge >= 0.3 is 6.18 Å². The van der Waals surface area contributed by atoms with Crippen LogP contribution in [0.2, 0.25) is 0 Å². The summed E-state index contributed by atoms with van der Waals surface area (Å²) < 4.78 is 44.3. The van der Waals surface area contributed by atoms with E-state index in [0.29, 0.717) is 10.9 Å². The van der Waals surface area contributed by atoms with E-state index >= 15 is 0 Å². The maximum atomic E-state index is 12.8. The van der Waals surface area contributed by atoms with Gasteiger partial charge in [-0.15, -0.1) is 11.8 Å². The average molecular weight is 392 g/mol. The highest BCUT2D eigenvalue weighted by molar-refractivity contribution is 7.99. The van der Waals surface area contributed by atoms with Crippen molar-refractivity contribution in [3.63, 3.8) is 0 Å². The second-order valence-corrected chi connectivity index (χ2v) is 7.28. The number of benzene rings is 1. The van der Waals surface area contributed by atoms with Crippen LogP contribution in [-0.4, -0.2) is 21.8 Å². The summed E-state index contributed by atoms with van der Waals surface area (Å²) in [6.07, 6.45) is 0.863. The Bertz CT molecular complexity index is 887. The third kappa shape index (κ3) is 5.60. The fraction of sp³-hybridized carbons (Fsp3) is 0.300. The van der Waals surface area contributed by atoms with Crippen LogP contribution in [0.15, 0.2) is 59.9 Å². The van der Waals surface area contributed by atoms with Crippen LogP contribution >= 0.6 is 11.8 Å². The molecule has 0 N–H and O–H groups in total. The molecule has 0 spiro atoms. The van der Waals surface area contributed by atoms with Crippen LogP contribution in [-0.2, 0) is 6.18 Å². The fourth-order valence-corrected chi connectivity index (χ4v) is 3.46. The van der Waals surface area contributed by atoms with Gasteiger partial charge in [0, 0.05) is 11.6 Å². The summed E-state index contributed by atoms with van der Waals surface area (Å²) in [7, 11) is 0. The third-order valence-corrected chi connectivity index (χ3v) is 4.99. The van der Waals surface area contributed by atoms with Crippen LogP contribution in [0, 0.1) is 0 Å². The van der Waals surface area contributed by atoms with E-state index in [1.165, 1.54) is 17.8 Å². The molecule has 1 atom stereocenters. The molecule has 2 heterocycles. The standard InChI is InChI=1S/C20H19F3N2OS/c1-14(26-17-5-2-10-24-13-17)4-3-11-27-19-9-7-15-6-8-16(20(21,22)23)12-18(15)25-19/h2,5-10,12-14H,3-4,11H2,1H3. The maximum Gasteiger partial charge on any atom is 0.416 e. The number of alkyl halides is 3. The lowest BCUT2D eigenvalue weighted by Gasteiger charge is -2.14. The van der Waals surface area contributed by atoms with E-state index in [9.17, 15) is 13.2 Å². The summed E-state index contributed by atoms with van der Waals surface area (Å²) >= 11 is 1.54. The van der Waals surface area contributed by atoms with Gasteiger partial charge < -0.3 is 4.74 Å². The van der Waals surface area contributed by atoms with E-state index in [2.05, 4.69) is 9.97 Å². The van der Waals surface area contributed by atoms with E-state index in [1.807, 2.05) is 25.1 Å². The number of hydrogen-bond donors (Lipinski definition) is 0. The SMILES string of the molecule is CC(CCCSc1ccc2ccc(C(F)(F)F)cc2n1)Oc1cccnc1. The fourth-order valence-electron chi connectivity index (χ4n) is 2.61. The molecule has 1 unspecified atom stereocenters. The topological polar surface area (TPSA) is 35.0 Å². The Hall–Kier alpha value is -2.28. The van der Waals surface area contributed by atoms with Gasteiger partial charge in [-0.25, -0.2) is 4.98 Å². The van der Waals surface area contributed by atoms with Crippen molar-refractivity contribution in [1.29, 1.82) is 0 Å². The van der Waals surface area contributed by atoms with Crippen molar-refractivity contribution in [2.45, 2.75) is 37.1 Å². The number of fused-ring (bicyclic) bond motifs is 1. The normalized spacial score (nSPS) is 12.9. The lowest BCUT2D eigenvalue weighted by molar-refractivity contribution is -0.137. The monoisotopic (exact) mass is 392 g/mol. The summed E-state index contributed by atoms with van der Waals surface area (Å²) in [5.74, 6) is 1.56. The Morgan fingerprint density at radius 3 is 2.70 bits per heavy atom. The molecule has 0 saturated carbocycles. The maximum absolute atomic E-state index is 12.8. The Morgan fingerprint density at radius 2 is 1.96 bits per heavy atom. The first kappa shape index (κ1) is 19.5. The molecule has 0 aliphatic heterocycles. The number of thioether (sulfide) groups is 1. The molecular formula is C20H19F3N2OS. The van der Waals surface area contributed by atoms with Crippen molar-refractivity contribution in [3.8, 4) is 5.75 Å². The molecule has 3 nitrogen and oxygen atoms in total. The Morgan fingerprint density at radius 1 is 1.15 bits per heavy atom. The highest BCUT2D eigenvalue weighted by Gasteiger charge is 2.30.